The number of carbonyl (C=O) groups is 2. The van der Waals surface area contributed by atoms with Crippen LogP contribution in [0.4, 0.5) is 0 Å². The van der Waals surface area contributed by atoms with Crippen LogP contribution in [0.1, 0.15) is 92.1 Å². The van der Waals surface area contributed by atoms with Crippen molar-refractivity contribution in [3.05, 3.63) is 94.0 Å². The van der Waals surface area contributed by atoms with Crippen molar-refractivity contribution in [2.24, 2.45) is 11.1 Å². The highest BCUT2D eigenvalue weighted by molar-refractivity contribution is 6.10. The molecule has 0 radical (unpaired) electrons. The molecule has 0 saturated carbocycles. The van der Waals surface area contributed by atoms with E-state index in [0.29, 0.717) is 11.6 Å². The summed E-state index contributed by atoms with van der Waals surface area (Å²) in [6.45, 7) is 12.0. The summed E-state index contributed by atoms with van der Waals surface area (Å²) in [5.41, 5.74) is 8.75. The molecule has 4 nitrogen and oxygen atoms in total. The van der Waals surface area contributed by atoms with E-state index in [1.807, 2.05) is 50.2 Å². The Balaban J connectivity index is 1.91. The van der Waals surface area contributed by atoms with E-state index in [1.165, 1.54) is 29.2 Å². The first-order chi connectivity index (χ1) is 17.2. The van der Waals surface area contributed by atoms with Crippen LogP contribution in [0.3, 0.4) is 0 Å². The van der Waals surface area contributed by atoms with Gasteiger partial charge in [-0.3, -0.25) is 4.79 Å². The van der Waals surface area contributed by atoms with Gasteiger partial charge in [-0.05, 0) is 71.7 Å². The number of fused-ring (bicyclic) bond motifs is 3. The van der Waals surface area contributed by atoms with Gasteiger partial charge in [-0.15, -0.1) is 0 Å². The van der Waals surface area contributed by atoms with Gasteiger partial charge in [0.25, 0.3) is 0 Å². The molecule has 0 aliphatic heterocycles. The third-order valence-corrected chi connectivity index (χ3v) is 7.77. The third kappa shape index (κ3) is 4.30. The average molecular weight is 482 g/mol. The van der Waals surface area contributed by atoms with Crippen LogP contribution in [0.2, 0.25) is 0 Å². The minimum Gasteiger partial charge on any atom is -0.318 e. The van der Waals surface area contributed by atoms with E-state index in [-0.39, 0.29) is 11.2 Å². The number of carbonyl (C=O) groups excluding carboxylic acids is 2. The van der Waals surface area contributed by atoms with Crippen molar-refractivity contribution < 1.29 is 14.4 Å². The van der Waals surface area contributed by atoms with Crippen LogP contribution in [0.25, 0.3) is 11.1 Å². The molecule has 4 rings (SSSR count). The van der Waals surface area contributed by atoms with Gasteiger partial charge in [-0.2, -0.15) is 0 Å². The number of benzene rings is 3. The Kier molecular flexibility index (Phi) is 7.26. The van der Waals surface area contributed by atoms with Gasteiger partial charge < -0.3 is 4.84 Å². The number of ketones is 1. The molecule has 0 fully saturated rings. The van der Waals surface area contributed by atoms with Crippen LogP contribution in [0.15, 0.2) is 65.8 Å². The zero-order chi connectivity index (χ0) is 26.0. The Morgan fingerprint density at radius 1 is 0.917 bits per heavy atom. The summed E-state index contributed by atoms with van der Waals surface area (Å²) in [7, 11) is 0. The highest BCUT2D eigenvalue weighted by atomic mass is 16.7. The predicted octanol–water partition coefficient (Wildman–Crippen LogP) is 7.63. The van der Waals surface area contributed by atoms with Crippen molar-refractivity contribution in [1.29, 1.82) is 0 Å². The molecule has 186 valence electrons. The minimum atomic E-state index is -0.436. The van der Waals surface area contributed by atoms with Crippen LogP contribution in [-0.2, 0) is 15.0 Å². The van der Waals surface area contributed by atoms with Gasteiger partial charge in [0.1, 0.15) is 0 Å². The van der Waals surface area contributed by atoms with Gasteiger partial charge >= 0.3 is 5.97 Å². The van der Waals surface area contributed by atoms with Crippen LogP contribution in [-0.4, -0.2) is 17.5 Å². The van der Waals surface area contributed by atoms with Gasteiger partial charge in [0.05, 0.1) is 5.71 Å². The summed E-state index contributed by atoms with van der Waals surface area (Å²) in [4.78, 5) is 29.8. The maximum absolute atomic E-state index is 13.6. The Labute approximate surface area is 214 Å². The fourth-order valence-corrected chi connectivity index (χ4v) is 5.77. The Morgan fingerprint density at radius 3 is 2.11 bits per heavy atom. The second kappa shape index (κ2) is 10.2. The van der Waals surface area contributed by atoms with E-state index >= 15 is 0 Å². The SMILES string of the molecule is CCCC1(C(C)CC)c2cc(C(=O)c3ccccc3C)ccc2-c2ccc(/C(C)=N\OC(C)=O)cc21. The summed E-state index contributed by atoms with van der Waals surface area (Å²) >= 11 is 0. The lowest BCUT2D eigenvalue weighted by molar-refractivity contribution is -0.140. The molecule has 3 aromatic rings. The van der Waals surface area contributed by atoms with E-state index in [9.17, 15) is 9.59 Å². The molecule has 0 amide bonds. The number of hydrogen-bond donors (Lipinski definition) is 0. The molecule has 4 heteroatoms. The van der Waals surface area contributed by atoms with Gasteiger partial charge in [0, 0.05) is 23.5 Å². The zero-order valence-electron chi connectivity index (χ0n) is 22.1. The van der Waals surface area contributed by atoms with E-state index in [1.54, 1.807) is 0 Å². The number of nitrogens with zero attached hydrogens (tertiary/aromatic N) is 1. The molecular formula is C32H35NO3. The quantitative estimate of drug-likeness (QED) is 0.144. The number of aryl methyl sites for hydroxylation is 1. The first-order valence-electron chi connectivity index (χ1n) is 12.9. The van der Waals surface area contributed by atoms with E-state index in [0.717, 1.165) is 41.5 Å². The smallest absolute Gasteiger partial charge is 0.318 e. The molecule has 2 unspecified atom stereocenters. The molecule has 1 aliphatic rings. The maximum atomic E-state index is 13.6. The first-order valence-corrected chi connectivity index (χ1v) is 12.9. The predicted molar refractivity (Wildman–Crippen MR) is 146 cm³/mol. The Bertz CT molecular complexity index is 1350. The fraction of sp³-hybridized carbons (Fsp3) is 0.344. The summed E-state index contributed by atoms with van der Waals surface area (Å²) in [5, 5.41) is 4.03. The summed E-state index contributed by atoms with van der Waals surface area (Å²) in [6, 6.07) is 20.4. The van der Waals surface area contributed by atoms with Crippen LogP contribution in [0, 0.1) is 12.8 Å². The minimum absolute atomic E-state index is 0.0615. The monoisotopic (exact) mass is 481 g/mol. The van der Waals surface area contributed by atoms with Gasteiger partial charge in [0.15, 0.2) is 5.78 Å². The van der Waals surface area contributed by atoms with Crippen LogP contribution < -0.4 is 0 Å². The maximum Gasteiger partial charge on any atom is 0.331 e. The second-order valence-electron chi connectivity index (χ2n) is 9.95. The fourth-order valence-electron chi connectivity index (χ4n) is 5.77. The summed E-state index contributed by atoms with van der Waals surface area (Å²) in [5.74, 6) is -0.0117. The molecule has 3 aromatic carbocycles. The lowest BCUT2D eigenvalue weighted by Crippen LogP contribution is -2.33. The topological polar surface area (TPSA) is 55.7 Å². The summed E-state index contributed by atoms with van der Waals surface area (Å²) < 4.78 is 0. The Morgan fingerprint density at radius 2 is 1.53 bits per heavy atom. The molecule has 0 aromatic heterocycles. The van der Waals surface area contributed by atoms with E-state index < -0.39 is 5.97 Å². The molecule has 1 aliphatic carbocycles. The van der Waals surface area contributed by atoms with Crippen molar-refractivity contribution in [2.45, 2.75) is 66.2 Å². The highest BCUT2D eigenvalue weighted by Gasteiger charge is 2.46. The summed E-state index contributed by atoms with van der Waals surface area (Å²) in [6.07, 6.45) is 3.01. The van der Waals surface area contributed by atoms with Crippen LogP contribution >= 0.6 is 0 Å². The number of rotatable bonds is 8. The highest BCUT2D eigenvalue weighted by Crippen LogP contribution is 2.56. The first kappa shape index (κ1) is 25.6. The van der Waals surface area contributed by atoms with Gasteiger partial charge in [-0.25, -0.2) is 4.79 Å². The molecule has 0 bridgehead atoms. The molecule has 36 heavy (non-hydrogen) atoms. The molecule has 0 saturated heterocycles. The van der Waals surface area contributed by atoms with E-state index in [4.69, 9.17) is 4.84 Å². The largest absolute Gasteiger partial charge is 0.331 e. The van der Waals surface area contributed by atoms with Crippen molar-refractivity contribution in [1.82, 2.24) is 0 Å². The number of oxime groups is 1. The third-order valence-electron chi connectivity index (χ3n) is 7.77. The number of hydrogen-bond acceptors (Lipinski definition) is 4. The van der Waals surface area contributed by atoms with Crippen molar-refractivity contribution >= 4 is 17.5 Å². The molecule has 0 heterocycles. The van der Waals surface area contributed by atoms with Gasteiger partial charge in [0.2, 0.25) is 0 Å². The lowest BCUT2D eigenvalue weighted by Gasteiger charge is -2.38. The Hall–Kier alpha value is -3.53. The van der Waals surface area contributed by atoms with Gasteiger partial charge in [-0.1, -0.05) is 87.3 Å². The molecular weight excluding hydrogens is 446 g/mol. The van der Waals surface area contributed by atoms with Crippen molar-refractivity contribution in [2.75, 3.05) is 0 Å². The molecule has 0 spiro atoms. The second-order valence-corrected chi connectivity index (χ2v) is 9.95. The standard InChI is InChI=1S/C32H35NO3/c1-7-17-32(21(4)8-2)29-18-24(22(5)33-36-23(6)34)13-15-27(29)28-16-14-25(19-30(28)32)31(35)26-12-10-9-11-20(26)3/h9-16,18-19,21H,7-8,17H2,1-6H3/b33-22-. The zero-order valence-corrected chi connectivity index (χ0v) is 22.1. The normalized spacial score (nSPS) is 17.3. The molecule has 2 atom stereocenters. The average Bonchev–Trinajstić information content (AvgIpc) is 3.16. The van der Waals surface area contributed by atoms with E-state index in [2.05, 4.69) is 50.2 Å². The lowest BCUT2D eigenvalue weighted by atomic mass is 9.65. The van der Waals surface area contributed by atoms with Crippen molar-refractivity contribution in [3.63, 3.8) is 0 Å². The van der Waals surface area contributed by atoms with Crippen LogP contribution in [0.5, 0.6) is 0 Å². The van der Waals surface area contributed by atoms with Crippen molar-refractivity contribution in [3.8, 4) is 11.1 Å². The molecule has 0 N–H and O–H groups in total.